The molecule has 1 aromatic rings. The Bertz CT molecular complexity index is 270. The van der Waals surface area contributed by atoms with Gasteiger partial charge < -0.3 is 10.1 Å². The second-order valence-corrected chi connectivity index (χ2v) is 3.57. The first-order chi connectivity index (χ1) is 6.36. The molecule has 0 unspecified atom stereocenters. The van der Waals surface area contributed by atoms with Gasteiger partial charge >= 0.3 is 0 Å². The summed E-state index contributed by atoms with van der Waals surface area (Å²) in [5, 5.41) is 4.16. The van der Waals surface area contributed by atoms with Crippen LogP contribution >= 0.6 is 24.0 Å². The lowest BCUT2D eigenvalue weighted by Crippen LogP contribution is -2.34. The summed E-state index contributed by atoms with van der Waals surface area (Å²) in [7, 11) is 0. The van der Waals surface area contributed by atoms with E-state index in [0.29, 0.717) is 6.04 Å². The van der Waals surface area contributed by atoms with Crippen molar-refractivity contribution in [3.8, 4) is 0 Å². The predicted octanol–water partition coefficient (Wildman–Crippen LogP) is 2.42. The van der Waals surface area contributed by atoms with Gasteiger partial charge in [0.2, 0.25) is 0 Å². The first-order valence-corrected chi connectivity index (χ1v) is 4.80. The molecule has 0 aliphatic carbocycles. The third-order valence-corrected chi connectivity index (χ3v) is 2.45. The molecule has 0 spiro atoms. The normalized spacial score (nSPS) is 21.4. The van der Waals surface area contributed by atoms with Gasteiger partial charge in [-0.2, -0.15) is 0 Å². The van der Waals surface area contributed by atoms with E-state index in [0.717, 1.165) is 24.8 Å². The lowest BCUT2D eigenvalue weighted by molar-refractivity contribution is 0.0769. The summed E-state index contributed by atoms with van der Waals surface area (Å²) >= 11 is 5.80. The van der Waals surface area contributed by atoms with Gasteiger partial charge in [-0.1, -0.05) is 23.7 Å². The molecule has 0 saturated carbocycles. The van der Waals surface area contributed by atoms with Crippen LogP contribution < -0.4 is 5.32 Å². The van der Waals surface area contributed by atoms with E-state index in [2.05, 4.69) is 5.32 Å². The first-order valence-electron chi connectivity index (χ1n) is 4.43. The van der Waals surface area contributed by atoms with Crippen LogP contribution in [0.5, 0.6) is 0 Å². The third kappa shape index (κ3) is 2.85. The van der Waals surface area contributed by atoms with Crippen LogP contribution in [-0.2, 0) is 4.74 Å². The van der Waals surface area contributed by atoms with Crippen molar-refractivity contribution in [1.29, 1.82) is 0 Å². The molecule has 14 heavy (non-hydrogen) atoms. The Kier molecular flexibility index (Phi) is 4.69. The molecule has 0 bridgehead atoms. The van der Waals surface area contributed by atoms with Gasteiger partial charge in [0.25, 0.3) is 0 Å². The number of ether oxygens (including phenoxy) is 1. The molecule has 1 aliphatic rings. The highest BCUT2D eigenvalue weighted by atomic mass is 35.5. The fourth-order valence-corrected chi connectivity index (χ4v) is 1.60. The first kappa shape index (κ1) is 11.8. The zero-order valence-electron chi connectivity index (χ0n) is 7.70. The molecule has 1 saturated heterocycles. The quantitative estimate of drug-likeness (QED) is 0.805. The van der Waals surface area contributed by atoms with E-state index in [1.807, 2.05) is 24.3 Å². The molecule has 78 valence electrons. The Labute approximate surface area is 95.0 Å². The molecule has 1 aliphatic heterocycles. The van der Waals surface area contributed by atoms with Gasteiger partial charge in [-0.3, -0.25) is 0 Å². The second-order valence-electron chi connectivity index (χ2n) is 3.13. The van der Waals surface area contributed by atoms with E-state index in [-0.39, 0.29) is 12.4 Å². The van der Waals surface area contributed by atoms with Gasteiger partial charge in [-0.25, -0.2) is 0 Å². The van der Waals surface area contributed by atoms with E-state index in [1.54, 1.807) is 0 Å². The van der Waals surface area contributed by atoms with Crippen LogP contribution in [0.25, 0.3) is 0 Å². The number of halogens is 2. The maximum Gasteiger partial charge on any atom is 0.0662 e. The Morgan fingerprint density at radius 1 is 1.29 bits per heavy atom. The van der Waals surface area contributed by atoms with Gasteiger partial charge in [0.15, 0.2) is 0 Å². The lowest BCUT2D eigenvalue weighted by Gasteiger charge is -2.24. The standard InChI is InChI=1S/C10H12ClNO.ClH/c11-9-3-1-8(2-4-9)10-7-13-6-5-12-10;/h1-4,10,12H,5-7H2;1H/t10-;/m0./s1. The van der Waals surface area contributed by atoms with Crippen LogP contribution in [0.4, 0.5) is 0 Å². The van der Waals surface area contributed by atoms with E-state index in [4.69, 9.17) is 16.3 Å². The molecule has 0 aromatic heterocycles. The second kappa shape index (κ2) is 5.56. The Hall–Kier alpha value is -0.280. The smallest absolute Gasteiger partial charge is 0.0662 e. The topological polar surface area (TPSA) is 21.3 Å². The highest BCUT2D eigenvalue weighted by Gasteiger charge is 2.14. The number of benzene rings is 1. The number of morpholine rings is 1. The molecule has 1 N–H and O–H groups in total. The summed E-state index contributed by atoms with van der Waals surface area (Å²) in [5.74, 6) is 0. The van der Waals surface area contributed by atoms with Crippen molar-refractivity contribution >= 4 is 24.0 Å². The van der Waals surface area contributed by atoms with Crippen molar-refractivity contribution in [2.75, 3.05) is 19.8 Å². The minimum absolute atomic E-state index is 0. The number of hydrogen-bond donors (Lipinski definition) is 1. The fourth-order valence-electron chi connectivity index (χ4n) is 1.47. The van der Waals surface area contributed by atoms with Crippen molar-refractivity contribution in [3.63, 3.8) is 0 Å². The molecule has 1 atom stereocenters. The van der Waals surface area contributed by atoms with E-state index < -0.39 is 0 Å². The largest absolute Gasteiger partial charge is 0.378 e. The molecule has 0 amide bonds. The molecular weight excluding hydrogens is 221 g/mol. The summed E-state index contributed by atoms with van der Waals surface area (Å²) in [6.45, 7) is 2.49. The molecule has 1 aromatic carbocycles. The highest BCUT2D eigenvalue weighted by Crippen LogP contribution is 2.18. The average Bonchev–Trinajstić information content (AvgIpc) is 2.20. The number of rotatable bonds is 1. The molecular formula is C10H13Cl2NO. The van der Waals surface area contributed by atoms with Gasteiger partial charge in [0.1, 0.15) is 0 Å². The monoisotopic (exact) mass is 233 g/mol. The third-order valence-electron chi connectivity index (χ3n) is 2.19. The predicted molar refractivity (Wildman–Crippen MR) is 60.3 cm³/mol. The summed E-state index contributed by atoms with van der Waals surface area (Å²) < 4.78 is 5.37. The summed E-state index contributed by atoms with van der Waals surface area (Å²) in [6, 6.07) is 8.22. The van der Waals surface area contributed by atoms with Crippen LogP contribution in [0, 0.1) is 0 Å². The summed E-state index contributed by atoms with van der Waals surface area (Å²) in [4.78, 5) is 0. The maximum absolute atomic E-state index is 5.80. The Balaban J connectivity index is 0.000000980. The van der Waals surface area contributed by atoms with E-state index in [1.165, 1.54) is 5.56 Å². The van der Waals surface area contributed by atoms with Crippen LogP contribution in [-0.4, -0.2) is 19.8 Å². The van der Waals surface area contributed by atoms with Crippen LogP contribution in [0.1, 0.15) is 11.6 Å². The van der Waals surface area contributed by atoms with E-state index in [9.17, 15) is 0 Å². The van der Waals surface area contributed by atoms with Crippen molar-refractivity contribution in [2.24, 2.45) is 0 Å². The van der Waals surface area contributed by atoms with Crippen molar-refractivity contribution in [3.05, 3.63) is 34.9 Å². The summed E-state index contributed by atoms with van der Waals surface area (Å²) in [5.41, 5.74) is 1.24. The van der Waals surface area contributed by atoms with Gasteiger partial charge in [0, 0.05) is 11.6 Å². The molecule has 1 heterocycles. The number of hydrogen-bond acceptors (Lipinski definition) is 2. The molecule has 2 rings (SSSR count). The fraction of sp³-hybridized carbons (Fsp3) is 0.400. The zero-order valence-corrected chi connectivity index (χ0v) is 9.27. The minimum atomic E-state index is 0. The zero-order chi connectivity index (χ0) is 9.10. The van der Waals surface area contributed by atoms with E-state index >= 15 is 0 Å². The average molecular weight is 234 g/mol. The van der Waals surface area contributed by atoms with Gasteiger partial charge in [0.05, 0.1) is 19.3 Å². The van der Waals surface area contributed by atoms with Crippen LogP contribution in [0.2, 0.25) is 5.02 Å². The lowest BCUT2D eigenvalue weighted by atomic mass is 10.1. The van der Waals surface area contributed by atoms with Crippen molar-refractivity contribution in [1.82, 2.24) is 5.32 Å². The molecule has 0 radical (unpaired) electrons. The Morgan fingerprint density at radius 3 is 2.57 bits per heavy atom. The van der Waals surface area contributed by atoms with Crippen LogP contribution in [0.3, 0.4) is 0 Å². The van der Waals surface area contributed by atoms with Gasteiger partial charge in [-0.05, 0) is 17.7 Å². The minimum Gasteiger partial charge on any atom is -0.378 e. The summed E-state index contributed by atoms with van der Waals surface area (Å²) in [6.07, 6.45) is 0. The molecule has 4 heteroatoms. The highest BCUT2D eigenvalue weighted by molar-refractivity contribution is 6.30. The SMILES string of the molecule is Cl.Clc1ccc([C@@H]2COCCN2)cc1. The van der Waals surface area contributed by atoms with Crippen molar-refractivity contribution in [2.45, 2.75) is 6.04 Å². The Morgan fingerprint density at radius 2 is 2.00 bits per heavy atom. The van der Waals surface area contributed by atoms with Crippen molar-refractivity contribution < 1.29 is 4.74 Å². The molecule has 1 fully saturated rings. The van der Waals surface area contributed by atoms with Gasteiger partial charge in [-0.15, -0.1) is 12.4 Å². The number of nitrogens with one attached hydrogen (secondary N) is 1. The maximum atomic E-state index is 5.80. The van der Waals surface area contributed by atoms with Crippen LogP contribution in [0.15, 0.2) is 24.3 Å². The molecule has 2 nitrogen and oxygen atoms in total.